The van der Waals surface area contributed by atoms with Gasteiger partial charge in [0.15, 0.2) is 11.4 Å². The number of ketones is 1. The van der Waals surface area contributed by atoms with Gasteiger partial charge in [0.1, 0.15) is 11.5 Å². The molecule has 43 heavy (non-hydrogen) atoms. The molecule has 4 aromatic rings. The van der Waals surface area contributed by atoms with Crippen molar-refractivity contribution in [1.82, 2.24) is 19.7 Å². The highest BCUT2D eigenvalue weighted by Crippen LogP contribution is 2.32. The molecule has 0 bridgehead atoms. The van der Waals surface area contributed by atoms with Gasteiger partial charge in [-0.3, -0.25) is 9.69 Å². The summed E-state index contributed by atoms with van der Waals surface area (Å²) in [4.78, 5) is 32.0. The molecule has 0 amide bonds. The molecule has 2 heterocycles. The van der Waals surface area contributed by atoms with Gasteiger partial charge >= 0.3 is 5.76 Å². The SMILES string of the molecule is Cc1ccccc1-c1nc(CN(Cc2cc(C)c(OC(C)(C)C(=O)CC(C)(C)C)c(C)c2)Cc2nn(C)c(=O)o2)c(C)o1. The second kappa shape index (κ2) is 12.3. The first-order valence-electron chi connectivity index (χ1n) is 14.6. The lowest BCUT2D eigenvalue weighted by Crippen LogP contribution is -2.40. The van der Waals surface area contributed by atoms with Gasteiger partial charge < -0.3 is 13.6 Å². The Morgan fingerprint density at radius 1 is 0.930 bits per heavy atom. The first-order valence-corrected chi connectivity index (χ1v) is 14.6. The standard InChI is InChI=1S/C34H44N4O5/c1-21-13-11-12-14-26(21)31-35-27(24(4)41-31)19-38(20-29-36-37(10)32(40)42-29)18-25-15-22(2)30(23(3)16-25)43-34(8,9)28(39)17-33(5,6)7/h11-16H,17-20H2,1-10H3. The minimum Gasteiger partial charge on any atom is -0.480 e. The molecule has 9 nitrogen and oxygen atoms in total. The van der Waals surface area contributed by atoms with Gasteiger partial charge in [0, 0.05) is 32.1 Å². The highest BCUT2D eigenvalue weighted by molar-refractivity contribution is 5.87. The number of nitrogens with zero attached hydrogens (tertiary/aromatic N) is 4. The van der Waals surface area contributed by atoms with Crippen LogP contribution in [0.25, 0.3) is 11.5 Å². The Labute approximate surface area is 253 Å². The van der Waals surface area contributed by atoms with E-state index in [9.17, 15) is 9.59 Å². The maximum atomic E-state index is 13.0. The van der Waals surface area contributed by atoms with E-state index in [1.165, 1.54) is 4.68 Å². The number of oxazole rings is 1. The Bertz CT molecular complexity index is 1650. The fraction of sp³-hybridized carbons (Fsp3) is 0.471. The predicted octanol–water partition coefficient (Wildman–Crippen LogP) is 6.63. The summed E-state index contributed by atoms with van der Waals surface area (Å²) in [5.41, 5.74) is 4.68. The molecule has 4 rings (SSSR count). The quantitative estimate of drug-likeness (QED) is 0.192. The van der Waals surface area contributed by atoms with Crippen LogP contribution in [-0.2, 0) is 31.5 Å². The number of ether oxygens (including phenoxy) is 1. The van der Waals surface area contributed by atoms with Gasteiger partial charge in [-0.1, -0.05) is 51.1 Å². The highest BCUT2D eigenvalue weighted by atomic mass is 16.5. The number of aryl methyl sites for hydroxylation is 5. The number of hydrogen-bond acceptors (Lipinski definition) is 8. The molecule has 230 valence electrons. The Kier molecular flexibility index (Phi) is 9.16. The van der Waals surface area contributed by atoms with Gasteiger partial charge in [-0.15, -0.1) is 5.10 Å². The molecule has 0 unspecified atom stereocenters. The summed E-state index contributed by atoms with van der Waals surface area (Å²) in [6, 6.07) is 12.1. The van der Waals surface area contributed by atoms with Gasteiger partial charge in [-0.2, -0.15) is 4.68 Å². The van der Waals surface area contributed by atoms with Crippen molar-refractivity contribution in [3.05, 3.63) is 86.5 Å². The average Bonchev–Trinajstić information content (AvgIpc) is 3.40. The molecular weight excluding hydrogens is 544 g/mol. The monoisotopic (exact) mass is 588 g/mol. The van der Waals surface area contributed by atoms with E-state index in [1.807, 2.05) is 65.8 Å². The molecule has 0 aliphatic carbocycles. The fourth-order valence-electron chi connectivity index (χ4n) is 5.09. The van der Waals surface area contributed by atoms with Crippen LogP contribution in [0, 0.1) is 33.1 Å². The van der Waals surface area contributed by atoms with Crippen molar-refractivity contribution < 1.29 is 18.4 Å². The zero-order valence-electron chi connectivity index (χ0n) is 27.1. The molecular formula is C34H44N4O5. The smallest absolute Gasteiger partial charge is 0.436 e. The van der Waals surface area contributed by atoms with Gasteiger partial charge in [0.2, 0.25) is 11.8 Å². The molecule has 0 atom stereocenters. The van der Waals surface area contributed by atoms with E-state index in [2.05, 4.69) is 42.9 Å². The third kappa shape index (κ3) is 7.90. The van der Waals surface area contributed by atoms with Crippen LogP contribution in [-0.4, -0.2) is 31.0 Å². The summed E-state index contributed by atoms with van der Waals surface area (Å²) in [6.07, 6.45) is 0.432. The third-order valence-electron chi connectivity index (χ3n) is 7.38. The van der Waals surface area contributed by atoms with E-state index in [-0.39, 0.29) is 11.2 Å². The minimum absolute atomic E-state index is 0.0685. The zero-order valence-corrected chi connectivity index (χ0v) is 27.1. The van der Waals surface area contributed by atoms with Crippen molar-refractivity contribution >= 4 is 5.78 Å². The molecule has 0 fully saturated rings. The van der Waals surface area contributed by atoms with E-state index >= 15 is 0 Å². The maximum Gasteiger partial charge on any atom is 0.436 e. The van der Waals surface area contributed by atoms with Gasteiger partial charge in [0.25, 0.3) is 0 Å². The molecule has 0 aliphatic rings. The minimum atomic E-state index is -0.952. The lowest BCUT2D eigenvalue weighted by atomic mass is 9.85. The number of benzene rings is 2. The molecule has 0 spiro atoms. The van der Waals surface area contributed by atoms with Crippen molar-refractivity contribution in [2.45, 2.75) is 94.0 Å². The Hall–Kier alpha value is -3.98. The normalized spacial score (nSPS) is 12.3. The van der Waals surface area contributed by atoms with E-state index in [0.29, 0.717) is 43.6 Å². The summed E-state index contributed by atoms with van der Waals surface area (Å²) >= 11 is 0. The van der Waals surface area contributed by atoms with Crippen LogP contribution >= 0.6 is 0 Å². The summed E-state index contributed by atoms with van der Waals surface area (Å²) in [5.74, 6) is 1.90. The molecule has 2 aromatic heterocycles. The van der Waals surface area contributed by atoms with Crippen molar-refractivity contribution in [1.29, 1.82) is 0 Å². The van der Waals surface area contributed by atoms with Crippen molar-refractivity contribution in [3.8, 4) is 17.2 Å². The molecule has 0 radical (unpaired) electrons. The number of hydrogen-bond donors (Lipinski definition) is 0. The molecule has 9 heteroatoms. The first-order chi connectivity index (χ1) is 20.0. The largest absolute Gasteiger partial charge is 0.480 e. The molecule has 0 N–H and O–H groups in total. The van der Waals surface area contributed by atoms with Crippen LogP contribution < -0.4 is 10.5 Å². The fourth-order valence-corrected chi connectivity index (χ4v) is 5.09. The van der Waals surface area contributed by atoms with Crippen LogP contribution in [0.3, 0.4) is 0 Å². The second-order valence-corrected chi connectivity index (χ2v) is 13.2. The molecule has 2 aromatic carbocycles. The third-order valence-corrected chi connectivity index (χ3v) is 7.38. The van der Waals surface area contributed by atoms with E-state index in [1.54, 1.807) is 7.05 Å². The average molecular weight is 589 g/mol. The van der Waals surface area contributed by atoms with Crippen molar-refractivity contribution in [2.75, 3.05) is 0 Å². The molecule has 0 saturated heterocycles. The highest BCUT2D eigenvalue weighted by Gasteiger charge is 2.33. The number of Topliss-reactive ketones (excluding diaryl/α,β-unsaturated/α-hetero) is 1. The lowest BCUT2D eigenvalue weighted by Gasteiger charge is -2.30. The van der Waals surface area contributed by atoms with Crippen LogP contribution in [0.1, 0.15) is 80.6 Å². The predicted molar refractivity (Wildman–Crippen MR) is 166 cm³/mol. The van der Waals surface area contributed by atoms with Gasteiger partial charge in [0.05, 0.1) is 12.2 Å². The van der Waals surface area contributed by atoms with Gasteiger partial charge in [-0.05, 0) is 75.3 Å². The first kappa shape index (κ1) is 31.9. The second-order valence-electron chi connectivity index (χ2n) is 13.2. The zero-order chi connectivity index (χ0) is 31.7. The Morgan fingerprint density at radius 2 is 1.58 bits per heavy atom. The Balaban J connectivity index is 1.61. The summed E-state index contributed by atoms with van der Waals surface area (Å²) in [5, 5.41) is 4.25. The number of carbonyl (C=O) groups is 1. The van der Waals surface area contributed by atoms with E-state index in [4.69, 9.17) is 18.6 Å². The Morgan fingerprint density at radius 3 is 2.16 bits per heavy atom. The molecule has 0 aliphatic heterocycles. The number of carbonyl (C=O) groups excluding carboxylic acids is 1. The van der Waals surface area contributed by atoms with E-state index < -0.39 is 11.4 Å². The van der Waals surface area contributed by atoms with Crippen LogP contribution in [0.2, 0.25) is 0 Å². The topological polar surface area (TPSA) is 104 Å². The summed E-state index contributed by atoms with van der Waals surface area (Å²) < 4.78 is 19.0. The van der Waals surface area contributed by atoms with E-state index in [0.717, 1.165) is 39.3 Å². The van der Waals surface area contributed by atoms with Crippen LogP contribution in [0.4, 0.5) is 0 Å². The maximum absolute atomic E-state index is 13.0. The van der Waals surface area contributed by atoms with Crippen molar-refractivity contribution in [3.63, 3.8) is 0 Å². The number of aromatic nitrogens is 3. The summed E-state index contributed by atoms with van der Waals surface area (Å²) in [7, 11) is 1.56. The van der Waals surface area contributed by atoms with Crippen LogP contribution in [0.15, 0.2) is 50.0 Å². The molecule has 0 saturated carbocycles. The van der Waals surface area contributed by atoms with Crippen LogP contribution in [0.5, 0.6) is 5.75 Å². The van der Waals surface area contributed by atoms with Crippen molar-refractivity contribution in [2.24, 2.45) is 12.5 Å². The van der Waals surface area contributed by atoms with Gasteiger partial charge in [-0.25, -0.2) is 9.78 Å². The summed E-state index contributed by atoms with van der Waals surface area (Å²) in [6.45, 7) is 19.0. The number of rotatable bonds is 11. The lowest BCUT2D eigenvalue weighted by molar-refractivity contribution is -0.133.